The van der Waals surface area contributed by atoms with Gasteiger partial charge in [-0.3, -0.25) is 19.6 Å². The van der Waals surface area contributed by atoms with E-state index in [1.165, 1.54) is 5.56 Å². The molecule has 7 nitrogen and oxygen atoms in total. The molecule has 0 aliphatic carbocycles. The van der Waals surface area contributed by atoms with E-state index in [2.05, 4.69) is 32.8 Å². The van der Waals surface area contributed by atoms with E-state index in [0.29, 0.717) is 31.7 Å². The molecule has 3 rings (SSSR count). The van der Waals surface area contributed by atoms with E-state index < -0.39 is 0 Å². The molecule has 3 heterocycles. The monoisotopic (exact) mass is 381 g/mol. The van der Waals surface area contributed by atoms with E-state index in [-0.39, 0.29) is 23.7 Å². The second kappa shape index (κ2) is 9.41. The molecule has 0 saturated carbocycles. The fourth-order valence-corrected chi connectivity index (χ4v) is 3.22. The Labute approximate surface area is 165 Å². The number of nitrogens with one attached hydrogen (secondary N) is 3. The lowest BCUT2D eigenvalue weighted by Gasteiger charge is -2.28. The second-order valence-corrected chi connectivity index (χ2v) is 7.19. The Kier molecular flexibility index (Phi) is 6.71. The molecule has 2 aromatic rings. The number of rotatable bonds is 6. The normalized spacial score (nSPS) is 19.1. The Morgan fingerprint density at radius 2 is 1.86 bits per heavy atom. The molecule has 0 aromatic carbocycles. The van der Waals surface area contributed by atoms with Crippen LogP contribution in [0.5, 0.6) is 0 Å². The Balaban J connectivity index is 1.50. The first-order valence-electron chi connectivity index (χ1n) is 9.71. The molecule has 28 heavy (non-hydrogen) atoms. The van der Waals surface area contributed by atoms with E-state index in [0.717, 1.165) is 17.8 Å². The molecule has 148 valence electrons. The fraction of sp³-hybridized carbons (Fsp3) is 0.429. The number of amides is 2. The predicted molar refractivity (Wildman–Crippen MR) is 108 cm³/mol. The quantitative estimate of drug-likeness (QED) is 0.709. The summed E-state index contributed by atoms with van der Waals surface area (Å²) in [6.07, 6.45) is 4.94. The van der Waals surface area contributed by atoms with Gasteiger partial charge < -0.3 is 16.0 Å². The lowest BCUT2D eigenvalue weighted by Crippen LogP contribution is -2.47. The van der Waals surface area contributed by atoms with Crippen molar-refractivity contribution < 1.29 is 9.59 Å². The van der Waals surface area contributed by atoms with Crippen LogP contribution in [0, 0.1) is 18.8 Å². The minimum absolute atomic E-state index is 0.0524. The molecule has 0 spiro atoms. The number of aromatic nitrogens is 2. The number of piperidine rings is 1. The van der Waals surface area contributed by atoms with E-state index in [1.807, 2.05) is 37.4 Å². The second-order valence-electron chi connectivity index (χ2n) is 7.19. The third kappa shape index (κ3) is 5.36. The molecule has 2 aromatic heterocycles. The molecular weight excluding hydrogens is 354 g/mol. The Hall–Kier alpha value is -2.80. The van der Waals surface area contributed by atoms with Gasteiger partial charge in [-0.25, -0.2) is 0 Å². The highest BCUT2D eigenvalue weighted by Gasteiger charge is 2.31. The average molecular weight is 381 g/mol. The maximum absolute atomic E-state index is 12.5. The van der Waals surface area contributed by atoms with Crippen molar-refractivity contribution in [1.82, 2.24) is 20.6 Å². The van der Waals surface area contributed by atoms with Crippen molar-refractivity contribution >= 4 is 17.5 Å². The zero-order chi connectivity index (χ0) is 19.9. The van der Waals surface area contributed by atoms with Crippen LogP contribution in [0.2, 0.25) is 0 Å². The summed E-state index contributed by atoms with van der Waals surface area (Å²) < 4.78 is 0. The highest BCUT2D eigenvalue weighted by Crippen LogP contribution is 2.19. The van der Waals surface area contributed by atoms with Gasteiger partial charge in [0, 0.05) is 25.0 Å². The lowest BCUT2D eigenvalue weighted by molar-refractivity contribution is -0.127. The standard InChI is InChI=1S/C21H27N5O2/c1-3-15-5-7-18(24-9-15)12-25-20(27)16-8-17(11-22-10-16)21(28)26-19-6-4-14(2)23-13-19/h4-7,9,13,16-17,22H,3,8,10-12H2,1-2H3,(H,25,27)(H,26,28)/t16-,17+/m1/s1. The summed E-state index contributed by atoms with van der Waals surface area (Å²) in [5.41, 5.74) is 3.57. The van der Waals surface area contributed by atoms with Gasteiger partial charge in [0.2, 0.25) is 11.8 Å². The molecule has 2 amide bonds. The number of aryl methyl sites for hydroxylation is 2. The average Bonchev–Trinajstić information content (AvgIpc) is 2.74. The van der Waals surface area contributed by atoms with Gasteiger partial charge in [0.25, 0.3) is 0 Å². The van der Waals surface area contributed by atoms with Crippen LogP contribution in [0.4, 0.5) is 5.69 Å². The van der Waals surface area contributed by atoms with Crippen LogP contribution in [-0.2, 0) is 22.6 Å². The zero-order valence-corrected chi connectivity index (χ0v) is 16.4. The summed E-state index contributed by atoms with van der Waals surface area (Å²) >= 11 is 0. The minimum Gasteiger partial charge on any atom is -0.350 e. The van der Waals surface area contributed by atoms with Crippen molar-refractivity contribution in [2.24, 2.45) is 11.8 Å². The van der Waals surface area contributed by atoms with Crippen LogP contribution in [0.3, 0.4) is 0 Å². The topological polar surface area (TPSA) is 96.0 Å². The summed E-state index contributed by atoms with van der Waals surface area (Å²) in [5, 5.41) is 9.02. The zero-order valence-electron chi connectivity index (χ0n) is 16.4. The maximum atomic E-state index is 12.5. The fourth-order valence-electron chi connectivity index (χ4n) is 3.22. The van der Waals surface area contributed by atoms with Gasteiger partial charge in [0.15, 0.2) is 0 Å². The summed E-state index contributed by atoms with van der Waals surface area (Å²) in [7, 11) is 0. The first-order chi connectivity index (χ1) is 13.5. The van der Waals surface area contributed by atoms with Crippen molar-refractivity contribution in [3.8, 4) is 0 Å². The highest BCUT2D eigenvalue weighted by molar-refractivity contribution is 5.93. The Bertz CT molecular complexity index is 805. The van der Waals surface area contributed by atoms with E-state index >= 15 is 0 Å². The van der Waals surface area contributed by atoms with Crippen LogP contribution in [0.15, 0.2) is 36.7 Å². The van der Waals surface area contributed by atoms with Crippen molar-refractivity contribution in [2.45, 2.75) is 33.2 Å². The molecule has 1 saturated heterocycles. The van der Waals surface area contributed by atoms with Gasteiger partial charge in [-0.05, 0) is 43.5 Å². The maximum Gasteiger partial charge on any atom is 0.228 e. The first-order valence-corrected chi connectivity index (χ1v) is 9.71. The smallest absolute Gasteiger partial charge is 0.228 e. The van der Waals surface area contributed by atoms with Crippen molar-refractivity contribution in [1.29, 1.82) is 0 Å². The van der Waals surface area contributed by atoms with E-state index in [4.69, 9.17) is 0 Å². The largest absolute Gasteiger partial charge is 0.350 e. The molecule has 0 bridgehead atoms. The summed E-state index contributed by atoms with van der Waals surface area (Å²) in [6.45, 7) is 5.51. The van der Waals surface area contributed by atoms with Crippen molar-refractivity contribution in [3.63, 3.8) is 0 Å². The molecule has 2 atom stereocenters. The van der Waals surface area contributed by atoms with Gasteiger partial charge in [0.1, 0.15) is 0 Å². The summed E-state index contributed by atoms with van der Waals surface area (Å²) in [5.74, 6) is -0.640. The van der Waals surface area contributed by atoms with Crippen LogP contribution < -0.4 is 16.0 Å². The summed E-state index contributed by atoms with van der Waals surface area (Å²) in [6, 6.07) is 7.64. The molecule has 0 unspecified atom stereocenters. The van der Waals surface area contributed by atoms with Gasteiger partial charge >= 0.3 is 0 Å². The number of carbonyl (C=O) groups excluding carboxylic acids is 2. The highest BCUT2D eigenvalue weighted by atomic mass is 16.2. The van der Waals surface area contributed by atoms with Crippen LogP contribution in [0.25, 0.3) is 0 Å². The Morgan fingerprint density at radius 3 is 2.50 bits per heavy atom. The molecule has 3 N–H and O–H groups in total. The molecule has 1 fully saturated rings. The first kappa shape index (κ1) is 19.9. The van der Waals surface area contributed by atoms with Gasteiger partial charge in [-0.1, -0.05) is 13.0 Å². The predicted octanol–water partition coefficient (Wildman–Crippen LogP) is 1.83. The van der Waals surface area contributed by atoms with Crippen molar-refractivity contribution in [3.05, 3.63) is 53.6 Å². The van der Waals surface area contributed by atoms with Gasteiger partial charge in [-0.15, -0.1) is 0 Å². The lowest BCUT2D eigenvalue weighted by atomic mass is 9.89. The summed E-state index contributed by atoms with van der Waals surface area (Å²) in [4.78, 5) is 33.6. The third-order valence-electron chi connectivity index (χ3n) is 5.01. The van der Waals surface area contributed by atoms with Crippen molar-refractivity contribution in [2.75, 3.05) is 18.4 Å². The number of hydrogen-bond donors (Lipinski definition) is 3. The molecular formula is C21H27N5O2. The molecule has 7 heteroatoms. The number of nitrogens with zero attached hydrogens (tertiary/aromatic N) is 2. The van der Waals surface area contributed by atoms with Crippen LogP contribution in [0.1, 0.15) is 30.3 Å². The molecule has 0 radical (unpaired) electrons. The van der Waals surface area contributed by atoms with Gasteiger partial charge in [-0.2, -0.15) is 0 Å². The SMILES string of the molecule is CCc1ccc(CNC(=O)[C@H]2CNC[C@@H](C(=O)Nc3ccc(C)nc3)C2)nc1. The van der Waals surface area contributed by atoms with Crippen LogP contribution in [-0.4, -0.2) is 34.9 Å². The van der Waals surface area contributed by atoms with Gasteiger partial charge in [0.05, 0.1) is 36.0 Å². The minimum atomic E-state index is -0.257. The number of hydrogen-bond acceptors (Lipinski definition) is 5. The van der Waals surface area contributed by atoms with Crippen LogP contribution >= 0.6 is 0 Å². The number of carbonyl (C=O) groups is 2. The van der Waals surface area contributed by atoms with E-state index in [9.17, 15) is 9.59 Å². The molecule has 1 aliphatic rings. The molecule has 1 aliphatic heterocycles. The number of anilines is 1. The Morgan fingerprint density at radius 1 is 1.07 bits per heavy atom. The van der Waals surface area contributed by atoms with E-state index in [1.54, 1.807) is 6.20 Å². The third-order valence-corrected chi connectivity index (χ3v) is 5.01. The number of pyridine rings is 2.